The summed E-state index contributed by atoms with van der Waals surface area (Å²) < 4.78 is 31.4. The number of nitrogen functional groups attached to an aromatic ring is 1. The molecule has 0 bridgehead atoms. The lowest BCUT2D eigenvalue weighted by molar-refractivity contribution is 0.375. The van der Waals surface area contributed by atoms with Gasteiger partial charge in [-0.15, -0.1) is 0 Å². The van der Waals surface area contributed by atoms with Crippen molar-refractivity contribution in [3.05, 3.63) is 48.4 Å². The Labute approximate surface area is 112 Å². The van der Waals surface area contributed by atoms with Crippen LogP contribution in [0.25, 0.3) is 0 Å². The molecule has 1 aromatic carbocycles. The first-order valence-corrected chi connectivity index (χ1v) is 7.36. The maximum atomic E-state index is 12.4. The van der Waals surface area contributed by atoms with E-state index in [0.29, 0.717) is 18.0 Å². The smallest absolute Gasteiger partial charge is 0.243 e. The van der Waals surface area contributed by atoms with E-state index >= 15 is 0 Å². The highest BCUT2D eigenvalue weighted by molar-refractivity contribution is 7.89. The Morgan fingerprint density at radius 3 is 2.42 bits per heavy atom. The lowest BCUT2D eigenvalue weighted by Gasteiger charge is -2.19. The maximum absolute atomic E-state index is 12.4. The Morgan fingerprint density at radius 2 is 1.89 bits per heavy atom. The molecule has 5 nitrogen and oxygen atoms in total. The van der Waals surface area contributed by atoms with E-state index in [1.807, 2.05) is 0 Å². The van der Waals surface area contributed by atoms with Crippen LogP contribution in [0.2, 0.25) is 0 Å². The van der Waals surface area contributed by atoms with E-state index in [9.17, 15) is 8.42 Å². The van der Waals surface area contributed by atoms with Gasteiger partial charge in [0.2, 0.25) is 10.0 Å². The third-order valence-electron chi connectivity index (χ3n) is 2.78. The second-order valence-electron chi connectivity index (χ2n) is 4.08. The third kappa shape index (κ3) is 2.97. The minimum absolute atomic E-state index is 0.218. The molecule has 102 valence electrons. The van der Waals surface area contributed by atoms with Gasteiger partial charge in [-0.3, -0.25) is 0 Å². The van der Waals surface area contributed by atoms with Crippen LogP contribution in [-0.2, 0) is 16.6 Å². The molecule has 0 spiro atoms. The summed E-state index contributed by atoms with van der Waals surface area (Å²) in [6.07, 6.45) is 1.53. The van der Waals surface area contributed by atoms with Crippen LogP contribution < -0.4 is 5.73 Å². The Balaban J connectivity index is 2.28. The molecule has 0 saturated carbocycles. The van der Waals surface area contributed by atoms with Gasteiger partial charge in [-0.2, -0.15) is 4.31 Å². The van der Waals surface area contributed by atoms with Crippen molar-refractivity contribution in [2.75, 3.05) is 12.3 Å². The first kappa shape index (κ1) is 13.6. The van der Waals surface area contributed by atoms with Crippen molar-refractivity contribution < 1.29 is 12.8 Å². The Hall–Kier alpha value is -1.79. The van der Waals surface area contributed by atoms with Crippen molar-refractivity contribution in [1.29, 1.82) is 0 Å². The van der Waals surface area contributed by atoms with Gasteiger partial charge in [0.25, 0.3) is 0 Å². The van der Waals surface area contributed by atoms with Gasteiger partial charge in [0.05, 0.1) is 17.7 Å². The predicted octanol–water partition coefficient (Wildman–Crippen LogP) is 2.07. The van der Waals surface area contributed by atoms with Crippen molar-refractivity contribution in [3.63, 3.8) is 0 Å². The molecular formula is C13H16N2O3S. The molecule has 0 amide bonds. The van der Waals surface area contributed by atoms with Crippen LogP contribution in [0.4, 0.5) is 5.69 Å². The summed E-state index contributed by atoms with van der Waals surface area (Å²) in [4.78, 5) is 0.232. The zero-order chi connectivity index (χ0) is 13.9. The zero-order valence-electron chi connectivity index (χ0n) is 10.6. The third-order valence-corrected chi connectivity index (χ3v) is 4.72. The molecule has 2 aromatic rings. The van der Waals surface area contributed by atoms with E-state index < -0.39 is 10.0 Å². The van der Waals surface area contributed by atoms with E-state index in [4.69, 9.17) is 10.2 Å². The summed E-state index contributed by atoms with van der Waals surface area (Å²) in [5, 5.41) is 0. The standard InChI is InChI=1S/C13H16N2O3S/c1-2-15(10-12-4-3-9-18-12)19(16,17)13-7-5-11(14)6-8-13/h3-9H,2,10,14H2,1H3. The van der Waals surface area contributed by atoms with Crippen molar-refractivity contribution in [3.8, 4) is 0 Å². The van der Waals surface area contributed by atoms with Gasteiger partial charge in [-0.1, -0.05) is 6.92 Å². The molecule has 1 heterocycles. The highest BCUT2D eigenvalue weighted by Crippen LogP contribution is 2.19. The molecule has 6 heteroatoms. The van der Waals surface area contributed by atoms with Gasteiger partial charge < -0.3 is 10.2 Å². The van der Waals surface area contributed by atoms with Crippen LogP contribution in [0, 0.1) is 0 Å². The number of sulfonamides is 1. The van der Waals surface area contributed by atoms with Gasteiger partial charge in [-0.05, 0) is 36.4 Å². The molecule has 0 aliphatic rings. The van der Waals surface area contributed by atoms with E-state index in [1.165, 1.54) is 22.7 Å². The van der Waals surface area contributed by atoms with Gasteiger partial charge in [0.1, 0.15) is 5.76 Å². The van der Waals surface area contributed by atoms with Crippen LogP contribution in [-0.4, -0.2) is 19.3 Å². The fraction of sp³-hybridized carbons (Fsp3) is 0.231. The van der Waals surface area contributed by atoms with Crippen LogP contribution >= 0.6 is 0 Å². The Kier molecular flexibility index (Phi) is 3.92. The quantitative estimate of drug-likeness (QED) is 0.851. The van der Waals surface area contributed by atoms with Crippen LogP contribution in [0.3, 0.4) is 0 Å². The zero-order valence-corrected chi connectivity index (χ0v) is 11.4. The fourth-order valence-corrected chi connectivity index (χ4v) is 3.15. The number of furan rings is 1. The molecule has 0 aliphatic carbocycles. The first-order chi connectivity index (χ1) is 9.04. The average Bonchev–Trinajstić information content (AvgIpc) is 2.89. The largest absolute Gasteiger partial charge is 0.468 e. The fourth-order valence-electron chi connectivity index (χ4n) is 1.73. The number of anilines is 1. The lowest BCUT2D eigenvalue weighted by Crippen LogP contribution is -2.30. The van der Waals surface area contributed by atoms with E-state index in [0.717, 1.165) is 0 Å². The summed E-state index contributed by atoms with van der Waals surface area (Å²) in [5.41, 5.74) is 6.10. The molecule has 2 N–H and O–H groups in total. The van der Waals surface area contributed by atoms with Crippen LogP contribution in [0.1, 0.15) is 12.7 Å². The van der Waals surface area contributed by atoms with Crippen LogP contribution in [0.15, 0.2) is 52.0 Å². The van der Waals surface area contributed by atoms with E-state index in [2.05, 4.69) is 0 Å². The van der Waals surface area contributed by atoms with Gasteiger partial charge in [0.15, 0.2) is 0 Å². The van der Waals surface area contributed by atoms with Crippen molar-refractivity contribution >= 4 is 15.7 Å². The number of nitrogens with two attached hydrogens (primary N) is 1. The molecule has 0 radical (unpaired) electrons. The lowest BCUT2D eigenvalue weighted by atomic mass is 10.3. The summed E-state index contributed by atoms with van der Waals surface area (Å²) in [5.74, 6) is 0.612. The average molecular weight is 280 g/mol. The molecule has 2 rings (SSSR count). The van der Waals surface area contributed by atoms with Gasteiger partial charge in [-0.25, -0.2) is 8.42 Å². The topological polar surface area (TPSA) is 76.5 Å². The highest BCUT2D eigenvalue weighted by atomic mass is 32.2. The Bertz CT molecular complexity index is 618. The van der Waals surface area contributed by atoms with Crippen molar-refractivity contribution in [2.24, 2.45) is 0 Å². The van der Waals surface area contributed by atoms with E-state index in [1.54, 1.807) is 31.2 Å². The monoisotopic (exact) mass is 280 g/mol. The normalized spacial score (nSPS) is 11.9. The minimum Gasteiger partial charge on any atom is -0.468 e. The van der Waals surface area contributed by atoms with E-state index in [-0.39, 0.29) is 11.4 Å². The SMILES string of the molecule is CCN(Cc1ccco1)S(=O)(=O)c1ccc(N)cc1. The highest BCUT2D eigenvalue weighted by Gasteiger charge is 2.23. The Morgan fingerprint density at radius 1 is 1.21 bits per heavy atom. The van der Waals surface area contributed by atoms with Gasteiger partial charge in [0, 0.05) is 12.2 Å². The molecule has 0 unspecified atom stereocenters. The van der Waals surface area contributed by atoms with Gasteiger partial charge >= 0.3 is 0 Å². The number of rotatable bonds is 5. The summed E-state index contributed by atoms with van der Waals surface area (Å²) in [6.45, 7) is 2.38. The van der Waals surface area contributed by atoms with Crippen LogP contribution in [0.5, 0.6) is 0 Å². The number of hydrogen-bond acceptors (Lipinski definition) is 4. The molecule has 1 aromatic heterocycles. The molecule has 0 aliphatic heterocycles. The molecule has 0 saturated heterocycles. The molecule has 0 atom stereocenters. The van der Waals surface area contributed by atoms with Crippen molar-refractivity contribution in [2.45, 2.75) is 18.4 Å². The second-order valence-corrected chi connectivity index (χ2v) is 6.02. The first-order valence-electron chi connectivity index (χ1n) is 5.92. The molecule has 19 heavy (non-hydrogen) atoms. The molecular weight excluding hydrogens is 264 g/mol. The minimum atomic E-state index is -3.53. The predicted molar refractivity (Wildman–Crippen MR) is 72.8 cm³/mol. The maximum Gasteiger partial charge on any atom is 0.243 e. The summed E-state index contributed by atoms with van der Waals surface area (Å²) in [7, 11) is -3.53. The summed E-state index contributed by atoms with van der Waals surface area (Å²) in [6, 6.07) is 9.66. The number of benzene rings is 1. The number of hydrogen-bond donors (Lipinski definition) is 1. The second kappa shape index (κ2) is 5.46. The molecule has 0 fully saturated rings. The van der Waals surface area contributed by atoms with Crippen molar-refractivity contribution in [1.82, 2.24) is 4.31 Å². The summed E-state index contributed by atoms with van der Waals surface area (Å²) >= 11 is 0. The number of nitrogens with zero attached hydrogens (tertiary/aromatic N) is 1.